The lowest BCUT2D eigenvalue weighted by Gasteiger charge is -2.41. The molecule has 2 N–H and O–H groups in total. The van der Waals surface area contributed by atoms with Crippen molar-refractivity contribution in [2.45, 2.75) is 170 Å². The topological polar surface area (TPSA) is 87.7 Å². The van der Waals surface area contributed by atoms with Crippen molar-refractivity contribution < 1.29 is 19.1 Å². The van der Waals surface area contributed by atoms with Crippen molar-refractivity contribution in [2.24, 2.45) is 10.8 Å². The number of unbranched alkanes of at least 4 members (excludes halogenated alkanes) is 5. The molecule has 7 heteroatoms. The second kappa shape index (κ2) is 15.3. The average molecular weight is 582 g/mol. The number of hydrogen-bond acceptors (Lipinski definition) is 6. The molecule has 41 heavy (non-hydrogen) atoms. The van der Waals surface area contributed by atoms with Gasteiger partial charge < -0.3 is 20.3 Å². The fraction of sp³-hybridized carbons (Fsp3) is 0.912. The lowest BCUT2D eigenvalue weighted by atomic mass is 9.75. The van der Waals surface area contributed by atoms with Crippen molar-refractivity contribution in [1.82, 2.24) is 15.5 Å². The molecule has 0 aromatic rings. The van der Waals surface area contributed by atoms with Crippen LogP contribution in [0.1, 0.15) is 148 Å². The molecule has 0 aliphatic heterocycles. The van der Waals surface area contributed by atoms with Gasteiger partial charge in [0.15, 0.2) is 11.6 Å². The van der Waals surface area contributed by atoms with Gasteiger partial charge in [-0.2, -0.15) is 0 Å². The Bertz CT molecular complexity index is 842. The summed E-state index contributed by atoms with van der Waals surface area (Å²) < 4.78 is 5.51. The number of Topliss-reactive ketones (excluding diaryl/α,β-unsaturated/α-hetero) is 2. The quantitative estimate of drug-likeness (QED) is 0.182. The molecule has 7 nitrogen and oxygen atoms in total. The maximum absolute atomic E-state index is 13.2. The Hall–Kier alpha value is -1.47. The van der Waals surface area contributed by atoms with Crippen LogP contribution in [0.3, 0.4) is 0 Å². The molecule has 0 spiro atoms. The number of ether oxygens (including phenoxy) is 1. The predicted octanol–water partition coefficient (Wildman–Crippen LogP) is 7.70. The van der Waals surface area contributed by atoms with E-state index in [1.807, 2.05) is 48.5 Å². The fourth-order valence-corrected chi connectivity index (χ4v) is 5.82. The molecule has 0 aromatic heterocycles. The first kappa shape index (κ1) is 39.5. The molecule has 0 saturated carbocycles. The molecule has 0 radical (unpaired) electrons. The Kier molecular flexibility index (Phi) is 14.8. The van der Waals surface area contributed by atoms with Crippen LogP contribution in [0.5, 0.6) is 0 Å². The number of carbonyl (C=O) groups excluding carboxylic acids is 3. The molecule has 0 bridgehead atoms. The van der Waals surface area contributed by atoms with Crippen molar-refractivity contribution >= 4 is 17.7 Å². The SMILES string of the molecule is CN(CC[C@@](C)(NC(C)(C)C)C(=O)C(C)(C)C)C(=O)OCCCCCCCC[C@](C)(NC(C)(C)C)C(=O)C(C)(C)C. The summed E-state index contributed by atoms with van der Waals surface area (Å²) in [5.74, 6) is 0.403. The first-order chi connectivity index (χ1) is 18.2. The van der Waals surface area contributed by atoms with Gasteiger partial charge in [-0.05, 0) is 74.7 Å². The standard InChI is InChI=1S/C34H67N3O4/c1-29(2,3)26(38)33(13,35-31(7,8)9)22-20-18-16-17-19-21-25-41-28(40)37(15)24-23-34(14,36-32(10,11)12)27(39)30(4,5)6/h35-36H,16-25H2,1-15H3/t33-,34+/m0/s1. The van der Waals surface area contributed by atoms with E-state index in [0.717, 1.165) is 44.9 Å². The molecule has 0 heterocycles. The van der Waals surface area contributed by atoms with Gasteiger partial charge in [-0.25, -0.2) is 4.79 Å². The van der Waals surface area contributed by atoms with E-state index in [1.165, 1.54) is 0 Å². The monoisotopic (exact) mass is 582 g/mol. The van der Waals surface area contributed by atoms with E-state index in [2.05, 4.69) is 59.1 Å². The molecular weight excluding hydrogens is 514 g/mol. The van der Waals surface area contributed by atoms with Crippen LogP contribution < -0.4 is 10.6 Å². The highest BCUT2D eigenvalue weighted by Gasteiger charge is 2.42. The van der Waals surface area contributed by atoms with Gasteiger partial charge in [0.25, 0.3) is 0 Å². The van der Waals surface area contributed by atoms with Crippen molar-refractivity contribution in [3.8, 4) is 0 Å². The number of rotatable bonds is 16. The lowest BCUT2D eigenvalue weighted by molar-refractivity contribution is -0.134. The average Bonchev–Trinajstić information content (AvgIpc) is 2.76. The van der Waals surface area contributed by atoms with Crippen LogP contribution in [0.4, 0.5) is 4.79 Å². The van der Waals surface area contributed by atoms with E-state index < -0.39 is 16.5 Å². The number of amides is 1. The Morgan fingerprint density at radius 1 is 0.561 bits per heavy atom. The highest BCUT2D eigenvalue weighted by Crippen LogP contribution is 2.30. The first-order valence-corrected chi connectivity index (χ1v) is 15.8. The van der Waals surface area contributed by atoms with Crippen LogP contribution in [0.25, 0.3) is 0 Å². The highest BCUT2D eigenvalue weighted by atomic mass is 16.6. The van der Waals surface area contributed by atoms with E-state index in [4.69, 9.17) is 4.74 Å². The second-order valence-electron chi connectivity index (χ2n) is 16.7. The van der Waals surface area contributed by atoms with Crippen LogP contribution in [0, 0.1) is 10.8 Å². The zero-order valence-corrected chi connectivity index (χ0v) is 29.7. The highest BCUT2D eigenvalue weighted by molar-refractivity contribution is 5.93. The van der Waals surface area contributed by atoms with E-state index in [-0.39, 0.29) is 34.2 Å². The summed E-state index contributed by atoms with van der Waals surface area (Å²) >= 11 is 0. The molecule has 0 rings (SSSR count). The van der Waals surface area contributed by atoms with Crippen molar-refractivity contribution in [3.05, 3.63) is 0 Å². The zero-order chi connectivity index (χ0) is 32.5. The van der Waals surface area contributed by atoms with E-state index in [1.54, 1.807) is 11.9 Å². The summed E-state index contributed by atoms with van der Waals surface area (Å²) in [7, 11) is 1.73. The third-order valence-corrected chi connectivity index (χ3v) is 7.22. The van der Waals surface area contributed by atoms with Crippen LogP contribution in [0.15, 0.2) is 0 Å². The molecule has 0 aromatic carbocycles. The summed E-state index contributed by atoms with van der Waals surface area (Å²) in [5.41, 5.74) is -2.51. The van der Waals surface area contributed by atoms with Gasteiger partial charge in [0, 0.05) is 35.5 Å². The Labute approximate surface area is 253 Å². The van der Waals surface area contributed by atoms with Crippen LogP contribution in [-0.2, 0) is 14.3 Å². The smallest absolute Gasteiger partial charge is 0.409 e. The minimum Gasteiger partial charge on any atom is -0.449 e. The molecular formula is C34H67N3O4. The number of nitrogens with zero attached hydrogens (tertiary/aromatic N) is 1. The van der Waals surface area contributed by atoms with Gasteiger partial charge in [0.1, 0.15) is 0 Å². The van der Waals surface area contributed by atoms with Gasteiger partial charge in [-0.1, -0.05) is 73.6 Å². The van der Waals surface area contributed by atoms with E-state index >= 15 is 0 Å². The summed E-state index contributed by atoms with van der Waals surface area (Å²) in [6, 6.07) is 0. The second-order valence-corrected chi connectivity index (χ2v) is 16.7. The number of ketones is 2. The zero-order valence-electron chi connectivity index (χ0n) is 29.7. The summed E-state index contributed by atoms with van der Waals surface area (Å²) in [6.07, 6.45) is 7.09. The number of hydrogen-bond donors (Lipinski definition) is 2. The van der Waals surface area contributed by atoms with Crippen LogP contribution in [0.2, 0.25) is 0 Å². The van der Waals surface area contributed by atoms with Gasteiger partial charge >= 0.3 is 6.09 Å². The maximum atomic E-state index is 13.2. The van der Waals surface area contributed by atoms with Gasteiger partial charge in [0.2, 0.25) is 0 Å². The van der Waals surface area contributed by atoms with Crippen molar-refractivity contribution in [2.75, 3.05) is 20.2 Å². The van der Waals surface area contributed by atoms with Crippen molar-refractivity contribution in [1.29, 1.82) is 0 Å². The van der Waals surface area contributed by atoms with Gasteiger partial charge in [-0.15, -0.1) is 0 Å². The third kappa shape index (κ3) is 15.5. The molecule has 242 valence electrons. The molecule has 0 fully saturated rings. The van der Waals surface area contributed by atoms with Crippen LogP contribution >= 0.6 is 0 Å². The minimum atomic E-state index is -0.745. The Balaban J connectivity index is 4.54. The summed E-state index contributed by atoms with van der Waals surface area (Å²) in [5, 5.41) is 7.09. The minimum absolute atomic E-state index is 0.131. The summed E-state index contributed by atoms with van der Waals surface area (Å²) in [4.78, 5) is 40.6. The normalized spacial score (nSPS) is 16.1. The Morgan fingerprint density at radius 2 is 0.927 bits per heavy atom. The summed E-state index contributed by atoms with van der Waals surface area (Å²) in [6.45, 7) is 29.1. The fourth-order valence-electron chi connectivity index (χ4n) is 5.82. The largest absolute Gasteiger partial charge is 0.449 e. The first-order valence-electron chi connectivity index (χ1n) is 15.8. The number of nitrogens with one attached hydrogen (secondary N) is 2. The maximum Gasteiger partial charge on any atom is 0.409 e. The van der Waals surface area contributed by atoms with Gasteiger partial charge in [-0.3, -0.25) is 9.59 Å². The molecule has 2 atom stereocenters. The van der Waals surface area contributed by atoms with Crippen molar-refractivity contribution in [3.63, 3.8) is 0 Å². The Morgan fingerprint density at radius 3 is 1.32 bits per heavy atom. The third-order valence-electron chi connectivity index (χ3n) is 7.22. The number of carbonyl (C=O) groups is 3. The lowest BCUT2D eigenvalue weighted by Crippen LogP contribution is -2.60. The predicted molar refractivity (Wildman–Crippen MR) is 172 cm³/mol. The molecule has 0 unspecified atom stereocenters. The van der Waals surface area contributed by atoms with E-state index in [0.29, 0.717) is 19.6 Å². The molecule has 0 aliphatic carbocycles. The van der Waals surface area contributed by atoms with Crippen LogP contribution in [-0.4, -0.2) is 64.9 Å². The molecule has 1 amide bonds. The van der Waals surface area contributed by atoms with E-state index in [9.17, 15) is 14.4 Å². The molecule has 0 saturated heterocycles. The molecule has 0 aliphatic rings. The van der Waals surface area contributed by atoms with Gasteiger partial charge in [0.05, 0.1) is 17.7 Å².